The molecule has 3 heteroatoms. The number of hydrogen-bond donors (Lipinski definition) is 2. The molecular weight excluding hydrogens is 140 g/mol. The van der Waals surface area contributed by atoms with E-state index in [0.717, 1.165) is 19.5 Å². The average molecular weight is 154 g/mol. The summed E-state index contributed by atoms with van der Waals surface area (Å²) in [5.74, 6) is 1.38. The van der Waals surface area contributed by atoms with Crippen LogP contribution < -0.4 is 10.6 Å². The summed E-state index contributed by atoms with van der Waals surface area (Å²) >= 11 is 0. The predicted molar refractivity (Wildman–Crippen MR) is 42.1 cm³/mol. The van der Waals surface area contributed by atoms with Gasteiger partial charge in [-0.25, -0.2) is 0 Å². The average Bonchev–Trinajstić information content (AvgIpc) is 2.31. The van der Waals surface area contributed by atoms with Crippen molar-refractivity contribution in [2.45, 2.75) is 19.4 Å². The Morgan fingerprint density at radius 3 is 3.00 bits per heavy atom. The van der Waals surface area contributed by atoms with Gasteiger partial charge in [-0.1, -0.05) is 6.92 Å². The summed E-state index contributed by atoms with van der Waals surface area (Å²) in [4.78, 5) is 11.0. The molecule has 0 saturated carbocycles. The molecule has 2 aliphatic heterocycles. The van der Waals surface area contributed by atoms with E-state index in [0.29, 0.717) is 17.9 Å². The number of carbonyl (C=O) groups is 1. The molecule has 0 radical (unpaired) electrons. The van der Waals surface area contributed by atoms with Crippen molar-refractivity contribution in [3.8, 4) is 0 Å². The fourth-order valence-corrected chi connectivity index (χ4v) is 2.16. The van der Waals surface area contributed by atoms with Gasteiger partial charge in [0.1, 0.15) is 0 Å². The first kappa shape index (κ1) is 7.10. The standard InChI is InChI=1S/C8H14N2O/c1-5-3-9-4-6-2-7(11)10-8(5)6/h5-6,8-9H,2-4H2,1H3,(H,10,11)/t5-,6+,8+/m0/s1. The number of fused-ring (bicyclic) bond motifs is 1. The number of amides is 1. The van der Waals surface area contributed by atoms with Crippen LogP contribution >= 0.6 is 0 Å². The lowest BCUT2D eigenvalue weighted by Crippen LogP contribution is -2.48. The zero-order valence-electron chi connectivity index (χ0n) is 6.76. The summed E-state index contributed by atoms with van der Waals surface area (Å²) < 4.78 is 0. The Hall–Kier alpha value is -0.570. The van der Waals surface area contributed by atoms with Crippen molar-refractivity contribution in [2.75, 3.05) is 13.1 Å². The van der Waals surface area contributed by atoms with Crippen LogP contribution in [-0.4, -0.2) is 25.0 Å². The normalized spacial score (nSPS) is 43.4. The number of rotatable bonds is 0. The Balaban J connectivity index is 2.09. The van der Waals surface area contributed by atoms with Crippen LogP contribution in [0.2, 0.25) is 0 Å². The summed E-state index contributed by atoms with van der Waals surface area (Å²) in [5, 5.41) is 6.36. The minimum Gasteiger partial charge on any atom is -0.353 e. The van der Waals surface area contributed by atoms with Crippen molar-refractivity contribution in [1.82, 2.24) is 10.6 Å². The molecule has 3 nitrogen and oxygen atoms in total. The van der Waals surface area contributed by atoms with Crippen LogP contribution in [-0.2, 0) is 4.79 Å². The van der Waals surface area contributed by atoms with Crippen molar-refractivity contribution in [3.63, 3.8) is 0 Å². The molecule has 0 aromatic heterocycles. The number of nitrogens with one attached hydrogen (secondary N) is 2. The zero-order chi connectivity index (χ0) is 7.84. The zero-order valence-corrected chi connectivity index (χ0v) is 6.76. The van der Waals surface area contributed by atoms with Gasteiger partial charge in [0.2, 0.25) is 5.91 Å². The van der Waals surface area contributed by atoms with E-state index in [1.165, 1.54) is 0 Å². The number of piperidine rings is 1. The molecule has 3 atom stereocenters. The third-order valence-electron chi connectivity index (χ3n) is 2.77. The van der Waals surface area contributed by atoms with E-state index >= 15 is 0 Å². The molecule has 1 amide bonds. The van der Waals surface area contributed by atoms with Gasteiger partial charge >= 0.3 is 0 Å². The third kappa shape index (κ3) is 1.13. The Morgan fingerprint density at radius 1 is 1.45 bits per heavy atom. The van der Waals surface area contributed by atoms with E-state index in [4.69, 9.17) is 0 Å². The van der Waals surface area contributed by atoms with Gasteiger partial charge in [0.25, 0.3) is 0 Å². The lowest BCUT2D eigenvalue weighted by molar-refractivity contribution is -0.119. The smallest absolute Gasteiger partial charge is 0.220 e. The topological polar surface area (TPSA) is 41.1 Å². The minimum atomic E-state index is 0.232. The van der Waals surface area contributed by atoms with E-state index in [1.807, 2.05) is 0 Å². The number of carbonyl (C=O) groups excluding carboxylic acids is 1. The Morgan fingerprint density at radius 2 is 2.27 bits per heavy atom. The van der Waals surface area contributed by atoms with Gasteiger partial charge in [0, 0.05) is 24.9 Å². The molecular formula is C8H14N2O. The van der Waals surface area contributed by atoms with E-state index in [1.54, 1.807) is 0 Å². The van der Waals surface area contributed by atoms with Crippen LogP contribution in [0.25, 0.3) is 0 Å². The maximum Gasteiger partial charge on any atom is 0.220 e. The molecule has 0 aromatic rings. The second kappa shape index (κ2) is 2.48. The fourth-order valence-electron chi connectivity index (χ4n) is 2.16. The highest BCUT2D eigenvalue weighted by molar-refractivity contribution is 5.79. The molecule has 2 fully saturated rings. The predicted octanol–water partition coefficient (Wildman–Crippen LogP) is -0.270. The summed E-state index contributed by atoms with van der Waals surface area (Å²) in [5.41, 5.74) is 0. The second-order valence-electron chi connectivity index (χ2n) is 3.69. The summed E-state index contributed by atoms with van der Waals surface area (Å²) in [6.45, 7) is 4.24. The van der Waals surface area contributed by atoms with Crippen molar-refractivity contribution < 1.29 is 4.79 Å². The molecule has 2 rings (SSSR count). The SMILES string of the molecule is C[C@H]1CNC[C@H]2CC(=O)N[C@@H]21. The molecule has 11 heavy (non-hydrogen) atoms. The van der Waals surface area contributed by atoms with E-state index in [9.17, 15) is 4.79 Å². The van der Waals surface area contributed by atoms with Gasteiger partial charge in [-0.3, -0.25) is 4.79 Å². The lowest BCUT2D eigenvalue weighted by atomic mass is 9.87. The maximum absolute atomic E-state index is 11.0. The van der Waals surface area contributed by atoms with E-state index < -0.39 is 0 Å². The first-order chi connectivity index (χ1) is 5.27. The summed E-state index contributed by atoms with van der Waals surface area (Å²) in [7, 11) is 0. The first-order valence-corrected chi connectivity index (χ1v) is 4.27. The molecule has 0 unspecified atom stereocenters. The van der Waals surface area contributed by atoms with Gasteiger partial charge in [0.15, 0.2) is 0 Å². The molecule has 2 heterocycles. The van der Waals surface area contributed by atoms with Gasteiger partial charge in [-0.05, 0) is 12.5 Å². The van der Waals surface area contributed by atoms with Crippen LogP contribution in [0, 0.1) is 11.8 Å². The van der Waals surface area contributed by atoms with Crippen LogP contribution in [0.1, 0.15) is 13.3 Å². The highest BCUT2D eigenvalue weighted by atomic mass is 16.2. The molecule has 0 bridgehead atoms. The molecule has 0 spiro atoms. The highest BCUT2D eigenvalue weighted by Crippen LogP contribution is 2.24. The van der Waals surface area contributed by atoms with Crippen LogP contribution in [0.5, 0.6) is 0 Å². The van der Waals surface area contributed by atoms with Crippen molar-refractivity contribution in [1.29, 1.82) is 0 Å². The van der Waals surface area contributed by atoms with Crippen LogP contribution in [0.15, 0.2) is 0 Å². The van der Waals surface area contributed by atoms with Crippen molar-refractivity contribution >= 4 is 5.91 Å². The lowest BCUT2D eigenvalue weighted by Gasteiger charge is -2.31. The quantitative estimate of drug-likeness (QED) is 0.504. The largest absolute Gasteiger partial charge is 0.353 e. The summed E-state index contributed by atoms with van der Waals surface area (Å²) in [6, 6.07) is 0.448. The first-order valence-electron chi connectivity index (χ1n) is 4.27. The van der Waals surface area contributed by atoms with Crippen molar-refractivity contribution in [2.24, 2.45) is 11.8 Å². The van der Waals surface area contributed by atoms with Crippen molar-refractivity contribution in [3.05, 3.63) is 0 Å². The Bertz CT molecular complexity index is 181. The second-order valence-corrected chi connectivity index (χ2v) is 3.69. The molecule has 2 N–H and O–H groups in total. The number of hydrogen-bond acceptors (Lipinski definition) is 2. The maximum atomic E-state index is 11.0. The van der Waals surface area contributed by atoms with Gasteiger partial charge < -0.3 is 10.6 Å². The van der Waals surface area contributed by atoms with E-state index in [2.05, 4.69) is 17.6 Å². The van der Waals surface area contributed by atoms with Crippen LogP contribution in [0.3, 0.4) is 0 Å². The summed E-state index contributed by atoms with van der Waals surface area (Å²) in [6.07, 6.45) is 0.724. The van der Waals surface area contributed by atoms with Crippen LogP contribution in [0.4, 0.5) is 0 Å². The minimum absolute atomic E-state index is 0.232. The molecule has 0 aliphatic carbocycles. The monoisotopic (exact) mass is 154 g/mol. The molecule has 2 saturated heterocycles. The molecule has 62 valence electrons. The Kier molecular flexibility index (Phi) is 1.60. The Labute approximate surface area is 66.5 Å². The molecule has 2 aliphatic rings. The van der Waals surface area contributed by atoms with E-state index in [-0.39, 0.29) is 5.91 Å². The third-order valence-corrected chi connectivity index (χ3v) is 2.77. The highest BCUT2D eigenvalue weighted by Gasteiger charge is 2.37. The molecule has 0 aromatic carbocycles. The van der Waals surface area contributed by atoms with Gasteiger partial charge in [-0.15, -0.1) is 0 Å². The van der Waals surface area contributed by atoms with Gasteiger partial charge in [0.05, 0.1) is 0 Å². The van der Waals surface area contributed by atoms with Gasteiger partial charge in [-0.2, -0.15) is 0 Å². The fraction of sp³-hybridized carbons (Fsp3) is 0.875.